The van der Waals surface area contributed by atoms with Gasteiger partial charge in [0.05, 0.1) is 18.1 Å². The highest BCUT2D eigenvalue weighted by molar-refractivity contribution is 8.18. The standard InChI is InChI=1S/C25H26N2O6S/c1-4-13-33-20-12-7-17(14-21(20)32-6-3)15-22-24(29)27(25(30)34-22)16-23(28)26-18-8-10-19(11-9-18)31-5-2/h4,7-12,14-15H,1,5-6,13,16H2,2-3H3,(H,26,28)/b22-15+. The highest BCUT2D eigenvalue weighted by atomic mass is 32.2. The number of hydrogen-bond acceptors (Lipinski definition) is 7. The van der Waals surface area contributed by atoms with Crippen molar-refractivity contribution in [2.45, 2.75) is 13.8 Å². The maximum Gasteiger partial charge on any atom is 0.294 e. The second kappa shape index (κ2) is 11.9. The number of ether oxygens (including phenoxy) is 3. The first-order chi connectivity index (χ1) is 16.4. The molecule has 0 radical (unpaired) electrons. The van der Waals surface area contributed by atoms with Crippen LogP contribution in [0.25, 0.3) is 6.08 Å². The molecule has 8 nitrogen and oxygen atoms in total. The summed E-state index contributed by atoms with van der Waals surface area (Å²) in [7, 11) is 0. The summed E-state index contributed by atoms with van der Waals surface area (Å²) in [5.74, 6) is 0.756. The molecule has 9 heteroatoms. The molecule has 1 N–H and O–H groups in total. The van der Waals surface area contributed by atoms with Crippen LogP contribution in [0.3, 0.4) is 0 Å². The number of amides is 3. The second-order valence-electron chi connectivity index (χ2n) is 7.01. The van der Waals surface area contributed by atoms with Crippen LogP contribution in [-0.2, 0) is 9.59 Å². The summed E-state index contributed by atoms with van der Waals surface area (Å²) in [6.07, 6.45) is 3.22. The van der Waals surface area contributed by atoms with Crippen molar-refractivity contribution in [3.8, 4) is 17.2 Å². The zero-order valence-corrected chi connectivity index (χ0v) is 19.9. The number of carbonyl (C=O) groups is 3. The molecule has 1 fully saturated rings. The van der Waals surface area contributed by atoms with Gasteiger partial charge < -0.3 is 19.5 Å². The van der Waals surface area contributed by atoms with Gasteiger partial charge in [-0.15, -0.1) is 0 Å². The monoisotopic (exact) mass is 482 g/mol. The molecule has 0 spiro atoms. The van der Waals surface area contributed by atoms with E-state index in [1.165, 1.54) is 0 Å². The molecule has 0 unspecified atom stereocenters. The molecule has 178 valence electrons. The molecule has 3 rings (SSSR count). The van der Waals surface area contributed by atoms with E-state index in [4.69, 9.17) is 14.2 Å². The molecule has 0 aromatic heterocycles. The average Bonchev–Trinajstić information content (AvgIpc) is 3.07. The zero-order valence-electron chi connectivity index (χ0n) is 19.0. The van der Waals surface area contributed by atoms with Gasteiger partial charge in [0.25, 0.3) is 11.1 Å². The molecule has 3 amide bonds. The van der Waals surface area contributed by atoms with Crippen LogP contribution in [-0.4, -0.2) is 48.3 Å². The predicted octanol–water partition coefficient (Wildman–Crippen LogP) is 4.72. The molecule has 34 heavy (non-hydrogen) atoms. The molecule has 2 aromatic rings. The Kier molecular flexibility index (Phi) is 8.75. The number of rotatable bonds is 11. The van der Waals surface area contributed by atoms with Crippen LogP contribution in [0.2, 0.25) is 0 Å². The van der Waals surface area contributed by atoms with Gasteiger partial charge in [-0.3, -0.25) is 19.3 Å². The van der Waals surface area contributed by atoms with E-state index in [1.807, 2.05) is 13.8 Å². The normalized spacial score (nSPS) is 14.3. The van der Waals surface area contributed by atoms with Gasteiger partial charge in [-0.05, 0) is 73.6 Å². The number of imide groups is 1. The van der Waals surface area contributed by atoms with Crippen LogP contribution in [0.1, 0.15) is 19.4 Å². The summed E-state index contributed by atoms with van der Waals surface area (Å²) in [4.78, 5) is 38.8. The Morgan fingerprint density at radius 2 is 1.76 bits per heavy atom. The minimum Gasteiger partial charge on any atom is -0.494 e. The van der Waals surface area contributed by atoms with Gasteiger partial charge in [-0.2, -0.15) is 0 Å². The SMILES string of the molecule is C=CCOc1ccc(/C=C2/SC(=O)N(CC(=O)Nc3ccc(OCC)cc3)C2=O)cc1OCC. The third kappa shape index (κ3) is 6.41. The van der Waals surface area contributed by atoms with Crippen molar-refractivity contribution in [2.75, 3.05) is 31.7 Å². The molecule has 0 atom stereocenters. The van der Waals surface area contributed by atoms with E-state index >= 15 is 0 Å². The predicted molar refractivity (Wildman–Crippen MR) is 132 cm³/mol. The number of benzene rings is 2. The van der Waals surface area contributed by atoms with Gasteiger partial charge in [0.15, 0.2) is 11.5 Å². The van der Waals surface area contributed by atoms with Crippen molar-refractivity contribution in [3.05, 3.63) is 65.6 Å². The maximum absolute atomic E-state index is 12.8. The van der Waals surface area contributed by atoms with Gasteiger partial charge in [-0.25, -0.2) is 0 Å². The second-order valence-corrected chi connectivity index (χ2v) is 8.01. The molecule has 1 heterocycles. The van der Waals surface area contributed by atoms with Crippen molar-refractivity contribution >= 4 is 40.6 Å². The van der Waals surface area contributed by atoms with Crippen LogP contribution in [0.4, 0.5) is 10.5 Å². The lowest BCUT2D eigenvalue weighted by atomic mass is 10.2. The van der Waals surface area contributed by atoms with Gasteiger partial charge in [-0.1, -0.05) is 18.7 Å². The molecule has 0 saturated carbocycles. The Morgan fingerprint density at radius 1 is 1.03 bits per heavy atom. The fourth-order valence-electron chi connectivity index (χ4n) is 3.08. The smallest absolute Gasteiger partial charge is 0.294 e. The Morgan fingerprint density at radius 3 is 2.44 bits per heavy atom. The van der Waals surface area contributed by atoms with Gasteiger partial charge in [0, 0.05) is 5.69 Å². The van der Waals surface area contributed by atoms with Crippen molar-refractivity contribution in [3.63, 3.8) is 0 Å². The Bertz CT molecular complexity index is 1100. The first kappa shape index (κ1) is 24.9. The van der Waals surface area contributed by atoms with E-state index in [9.17, 15) is 14.4 Å². The molecule has 0 bridgehead atoms. The average molecular weight is 483 g/mol. The lowest BCUT2D eigenvalue weighted by molar-refractivity contribution is -0.127. The van der Waals surface area contributed by atoms with E-state index in [0.29, 0.717) is 48.3 Å². The van der Waals surface area contributed by atoms with Gasteiger partial charge in [0.2, 0.25) is 5.91 Å². The summed E-state index contributed by atoms with van der Waals surface area (Å²) >= 11 is 0.786. The highest BCUT2D eigenvalue weighted by Gasteiger charge is 2.36. The summed E-state index contributed by atoms with van der Waals surface area (Å²) < 4.78 is 16.6. The summed E-state index contributed by atoms with van der Waals surface area (Å²) in [5.41, 5.74) is 1.21. The summed E-state index contributed by atoms with van der Waals surface area (Å²) in [6.45, 7) is 8.29. The fraction of sp³-hybridized carbons (Fsp3) is 0.240. The van der Waals surface area contributed by atoms with Gasteiger partial charge in [0.1, 0.15) is 18.9 Å². The van der Waals surface area contributed by atoms with Crippen molar-refractivity contribution < 1.29 is 28.6 Å². The lowest BCUT2D eigenvalue weighted by Crippen LogP contribution is -2.36. The van der Waals surface area contributed by atoms with Crippen LogP contribution in [0.5, 0.6) is 17.2 Å². The third-order valence-electron chi connectivity index (χ3n) is 4.55. The molecule has 0 aliphatic carbocycles. The maximum atomic E-state index is 12.8. The van der Waals surface area contributed by atoms with Crippen LogP contribution < -0.4 is 19.5 Å². The molecule has 2 aromatic carbocycles. The van der Waals surface area contributed by atoms with Gasteiger partial charge >= 0.3 is 0 Å². The van der Waals surface area contributed by atoms with E-state index in [0.717, 1.165) is 16.7 Å². The van der Waals surface area contributed by atoms with E-state index < -0.39 is 17.1 Å². The van der Waals surface area contributed by atoms with E-state index in [-0.39, 0.29) is 11.4 Å². The fourth-order valence-corrected chi connectivity index (χ4v) is 3.92. The third-order valence-corrected chi connectivity index (χ3v) is 5.45. The highest BCUT2D eigenvalue weighted by Crippen LogP contribution is 2.34. The number of hydrogen-bond donors (Lipinski definition) is 1. The number of carbonyl (C=O) groups excluding carboxylic acids is 3. The van der Waals surface area contributed by atoms with Crippen molar-refractivity contribution in [1.29, 1.82) is 0 Å². The Labute approximate surface area is 202 Å². The number of thioether (sulfide) groups is 1. The minimum absolute atomic E-state index is 0.223. The summed E-state index contributed by atoms with van der Waals surface area (Å²) in [6, 6.07) is 12.1. The molecular formula is C25H26N2O6S. The van der Waals surface area contributed by atoms with Crippen LogP contribution in [0.15, 0.2) is 60.0 Å². The van der Waals surface area contributed by atoms with Crippen LogP contribution >= 0.6 is 11.8 Å². The number of nitrogens with one attached hydrogen (secondary N) is 1. The van der Waals surface area contributed by atoms with Crippen molar-refractivity contribution in [1.82, 2.24) is 4.90 Å². The number of nitrogens with zero attached hydrogens (tertiary/aromatic N) is 1. The summed E-state index contributed by atoms with van der Waals surface area (Å²) in [5, 5.41) is 2.18. The topological polar surface area (TPSA) is 94.2 Å². The molecule has 1 aliphatic rings. The lowest BCUT2D eigenvalue weighted by Gasteiger charge is -2.13. The first-order valence-corrected chi connectivity index (χ1v) is 11.5. The van der Waals surface area contributed by atoms with Crippen LogP contribution in [0, 0.1) is 0 Å². The van der Waals surface area contributed by atoms with Crippen molar-refractivity contribution in [2.24, 2.45) is 0 Å². The zero-order chi connectivity index (χ0) is 24.5. The van der Waals surface area contributed by atoms with E-state index in [1.54, 1.807) is 54.6 Å². The minimum atomic E-state index is -0.526. The van der Waals surface area contributed by atoms with E-state index in [2.05, 4.69) is 11.9 Å². The molecular weight excluding hydrogens is 456 g/mol. The number of anilines is 1. The Balaban J connectivity index is 1.68. The molecule has 1 saturated heterocycles. The Hall–Kier alpha value is -3.72. The molecule has 1 aliphatic heterocycles. The quantitative estimate of drug-likeness (QED) is 0.366. The largest absolute Gasteiger partial charge is 0.494 e. The first-order valence-electron chi connectivity index (χ1n) is 10.7.